The van der Waals surface area contributed by atoms with Crippen molar-refractivity contribution in [3.8, 4) is 5.75 Å². The number of carbonyl (C=O) groups excluding carboxylic acids is 2. The summed E-state index contributed by atoms with van der Waals surface area (Å²) in [5.41, 5.74) is 0.454. The van der Waals surface area contributed by atoms with Gasteiger partial charge >= 0.3 is 11.8 Å². The molecule has 1 rings (SSSR count). The van der Waals surface area contributed by atoms with E-state index in [0.717, 1.165) is 12.8 Å². The van der Waals surface area contributed by atoms with Gasteiger partial charge in [-0.1, -0.05) is 12.1 Å². The van der Waals surface area contributed by atoms with Gasteiger partial charge in [0.1, 0.15) is 5.75 Å². The third kappa shape index (κ3) is 5.27. The van der Waals surface area contributed by atoms with E-state index >= 15 is 0 Å². The molecule has 1 aromatic rings. The lowest BCUT2D eigenvalue weighted by Crippen LogP contribution is -2.36. The van der Waals surface area contributed by atoms with Crippen molar-refractivity contribution < 1.29 is 19.4 Å². The van der Waals surface area contributed by atoms with Gasteiger partial charge in [-0.05, 0) is 31.4 Å². The van der Waals surface area contributed by atoms with Crippen molar-refractivity contribution in [3.05, 3.63) is 24.3 Å². The van der Waals surface area contributed by atoms with Gasteiger partial charge in [0.15, 0.2) is 0 Å². The smallest absolute Gasteiger partial charge is 0.313 e. The number of carbonyl (C=O) groups is 2. The first-order valence-electron chi connectivity index (χ1n) is 6.52. The molecule has 0 fully saturated rings. The first-order chi connectivity index (χ1) is 9.69. The Morgan fingerprint density at radius 3 is 2.60 bits per heavy atom. The molecule has 6 heteroatoms. The fourth-order valence-electron chi connectivity index (χ4n) is 1.62. The first kappa shape index (κ1) is 16.0. The summed E-state index contributed by atoms with van der Waals surface area (Å²) in [7, 11) is 1.49. The van der Waals surface area contributed by atoms with Gasteiger partial charge in [0.2, 0.25) is 0 Å². The highest BCUT2D eigenvalue weighted by Crippen LogP contribution is 2.22. The van der Waals surface area contributed by atoms with Gasteiger partial charge in [-0.2, -0.15) is 0 Å². The number of hydrogen-bond acceptors (Lipinski definition) is 4. The number of anilines is 1. The Morgan fingerprint density at radius 2 is 1.90 bits per heavy atom. The average Bonchev–Trinajstić information content (AvgIpc) is 2.47. The molecule has 110 valence electrons. The standard InChI is InChI=1S/C14H20N2O4/c1-20-12-8-4-3-7-11(12)16-14(19)13(18)15-9-5-2-6-10-17/h3-4,7-8,17H,2,5-6,9-10H2,1H3,(H,15,18)(H,16,19). The van der Waals surface area contributed by atoms with E-state index in [4.69, 9.17) is 9.84 Å². The van der Waals surface area contributed by atoms with Crippen LogP contribution in [0.25, 0.3) is 0 Å². The zero-order valence-electron chi connectivity index (χ0n) is 11.5. The maximum absolute atomic E-state index is 11.7. The van der Waals surface area contributed by atoms with E-state index in [-0.39, 0.29) is 6.61 Å². The van der Waals surface area contributed by atoms with Gasteiger partial charge in [-0.3, -0.25) is 9.59 Å². The Labute approximate surface area is 118 Å². The number of amides is 2. The fraction of sp³-hybridized carbons (Fsp3) is 0.429. The van der Waals surface area contributed by atoms with Crippen LogP contribution in [0.5, 0.6) is 5.75 Å². The minimum absolute atomic E-state index is 0.141. The number of aliphatic hydroxyl groups is 1. The highest BCUT2D eigenvalue weighted by Gasteiger charge is 2.14. The zero-order chi connectivity index (χ0) is 14.8. The topological polar surface area (TPSA) is 87.7 Å². The van der Waals surface area contributed by atoms with Crippen LogP contribution >= 0.6 is 0 Å². The average molecular weight is 280 g/mol. The van der Waals surface area contributed by atoms with Crippen molar-refractivity contribution in [1.29, 1.82) is 0 Å². The Bertz CT molecular complexity index is 449. The van der Waals surface area contributed by atoms with Crippen LogP contribution in [0.4, 0.5) is 5.69 Å². The van der Waals surface area contributed by atoms with Crippen molar-refractivity contribution in [1.82, 2.24) is 5.32 Å². The number of rotatable bonds is 7. The summed E-state index contributed by atoms with van der Waals surface area (Å²) in [4.78, 5) is 23.2. The van der Waals surface area contributed by atoms with Gasteiger partial charge in [0.05, 0.1) is 12.8 Å². The maximum Gasteiger partial charge on any atom is 0.313 e. The molecule has 0 aliphatic rings. The molecule has 0 heterocycles. The van der Waals surface area contributed by atoms with E-state index in [1.165, 1.54) is 7.11 Å². The second-order valence-corrected chi connectivity index (χ2v) is 4.19. The van der Waals surface area contributed by atoms with E-state index in [0.29, 0.717) is 24.4 Å². The van der Waals surface area contributed by atoms with Gasteiger partial charge in [-0.25, -0.2) is 0 Å². The summed E-state index contributed by atoms with van der Waals surface area (Å²) < 4.78 is 5.08. The highest BCUT2D eigenvalue weighted by atomic mass is 16.5. The van der Waals surface area contributed by atoms with Crippen LogP contribution in [0, 0.1) is 0 Å². The lowest BCUT2D eigenvalue weighted by Gasteiger charge is -2.09. The van der Waals surface area contributed by atoms with Gasteiger partial charge in [0, 0.05) is 13.2 Å². The number of benzene rings is 1. The van der Waals surface area contributed by atoms with E-state index < -0.39 is 11.8 Å². The van der Waals surface area contributed by atoms with Crippen molar-refractivity contribution >= 4 is 17.5 Å². The van der Waals surface area contributed by atoms with Crippen LogP contribution in [0.1, 0.15) is 19.3 Å². The third-order valence-corrected chi connectivity index (χ3v) is 2.68. The summed E-state index contributed by atoms with van der Waals surface area (Å²) in [5, 5.41) is 13.6. The summed E-state index contributed by atoms with van der Waals surface area (Å²) in [6, 6.07) is 6.87. The zero-order valence-corrected chi connectivity index (χ0v) is 11.5. The second-order valence-electron chi connectivity index (χ2n) is 4.19. The van der Waals surface area contributed by atoms with Crippen LogP contribution in [0.15, 0.2) is 24.3 Å². The van der Waals surface area contributed by atoms with E-state index in [1.54, 1.807) is 24.3 Å². The van der Waals surface area contributed by atoms with Gasteiger partial charge < -0.3 is 20.5 Å². The number of methoxy groups -OCH3 is 1. The van der Waals surface area contributed by atoms with Gasteiger partial charge in [0.25, 0.3) is 0 Å². The summed E-state index contributed by atoms with van der Waals surface area (Å²) in [6.07, 6.45) is 2.24. The quantitative estimate of drug-likeness (QED) is 0.512. The summed E-state index contributed by atoms with van der Waals surface area (Å²) >= 11 is 0. The number of para-hydroxylation sites is 2. The third-order valence-electron chi connectivity index (χ3n) is 2.68. The van der Waals surface area contributed by atoms with E-state index in [9.17, 15) is 9.59 Å². The monoisotopic (exact) mass is 280 g/mol. The molecule has 3 N–H and O–H groups in total. The Kier molecular flexibility index (Phi) is 7.13. The molecule has 0 spiro atoms. The molecule has 20 heavy (non-hydrogen) atoms. The van der Waals surface area contributed by atoms with Crippen LogP contribution < -0.4 is 15.4 Å². The second kappa shape index (κ2) is 8.92. The Hall–Kier alpha value is -2.08. The molecule has 2 amide bonds. The molecule has 0 aliphatic heterocycles. The molecule has 0 aliphatic carbocycles. The van der Waals surface area contributed by atoms with E-state index in [2.05, 4.69) is 10.6 Å². The first-order valence-corrected chi connectivity index (χ1v) is 6.52. The summed E-state index contributed by atoms with van der Waals surface area (Å²) in [5.74, 6) is -0.909. The van der Waals surface area contributed by atoms with Crippen LogP contribution in [-0.2, 0) is 9.59 Å². The normalized spacial score (nSPS) is 9.90. The molecule has 0 saturated carbocycles. The molecule has 0 atom stereocenters. The maximum atomic E-state index is 11.7. The lowest BCUT2D eigenvalue weighted by atomic mass is 10.2. The number of aliphatic hydroxyl groups excluding tert-OH is 1. The minimum atomic E-state index is -0.725. The highest BCUT2D eigenvalue weighted by molar-refractivity contribution is 6.39. The summed E-state index contributed by atoms with van der Waals surface area (Å²) in [6.45, 7) is 0.556. The molecule has 6 nitrogen and oxygen atoms in total. The Morgan fingerprint density at radius 1 is 1.15 bits per heavy atom. The van der Waals surface area contributed by atoms with Gasteiger partial charge in [-0.15, -0.1) is 0 Å². The number of hydrogen-bond donors (Lipinski definition) is 3. The molecular weight excluding hydrogens is 260 g/mol. The molecule has 0 bridgehead atoms. The SMILES string of the molecule is COc1ccccc1NC(=O)C(=O)NCCCCCO. The molecule has 0 radical (unpaired) electrons. The van der Waals surface area contributed by atoms with Crippen molar-refractivity contribution in [2.24, 2.45) is 0 Å². The number of ether oxygens (including phenoxy) is 1. The van der Waals surface area contributed by atoms with Crippen LogP contribution in [-0.4, -0.2) is 37.2 Å². The Balaban J connectivity index is 2.40. The molecule has 0 unspecified atom stereocenters. The minimum Gasteiger partial charge on any atom is -0.495 e. The molecule has 0 aromatic heterocycles. The largest absolute Gasteiger partial charge is 0.495 e. The lowest BCUT2D eigenvalue weighted by molar-refractivity contribution is -0.136. The van der Waals surface area contributed by atoms with Crippen molar-refractivity contribution in [3.63, 3.8) is 0 Å². The van der Waals surface area contributed by atoms with Crippen LogP contribution in [0.2, 0.25) is 0 Å². The molecule has 0 saturated heterocycles. The van der Waals surface area contributed by atoms with Crippen molar-refractivity contribution in [2.45, 2.75) is 19.3 Å². The number of unbranched alkanes of at least 4 members (excludes halogenated alkanes) is 2. The van der Waals surface area contributed by atoms with E-state index in [1.807, 2.05) is 0 Å². The molecular formula is C14H20N2O4. The van der Waals surface area contributed by atoms with Crippen molar-refractivity contribution in [2.75, 3.05) is 25.6 Å². The number of nitrogens with one attached hydrogen (secondary N) is 2. The fourth-order valence-corrected chi connectivity index (χ4v) is 1.62. The van der Waals surface area contributed by atoms with Crippen LogP contribution in [0.3, 0.4) is 0 Å². The predicted octanol–water partition coefficient (Wildman–Crippen LogP) is 0.912. The molecule has 1 aromatic carbocycles. The predicted molar refractivity (Wildman–Crippen MR) is 75.6 cm³/mol.